The number of nitrogens with one attached hydrogen (secondary N) is 1. The van der Waals surface area contributed by atoms with Gasteiger partial charge in [-0.25, -0.2) is 0 Å². The van der Waals surface area contributed by atoms with Crippen LogP contribution in [-0.2, 0) is 5.41 Å². The van der Waals surface area contributed by atoms with Gasteiger partial charge in [0.2, 0.25) is 0 Å². The minimum atomic E-state index is 0.0632. The van der Waals surface area contributed by atoms with Crippen LogP contribution in [-0.4, -0.2) is 10.2 Å². The molecular formula is C14H17ClN2. The van der Waals surface area contributed by atoms with Crippen LogP contribution in [0.5, 0.6) is 0 Å². The van der Waals surface area contributed by atoms with Crippen LogP contribution < -0.4 is 0 Å². The number of aryl methyl sites for hydroxylation is 1. The van der Waals surface area contributed by atoms with Crippen molar-refractivity contribution >= 4 is 11.6 Å². The van der Waals surface area contributed by atoms with Crippen LogP contribution in [0.1, 0.15) is 31.9 Å². The Labute approximate surface area is 107 Å². The number of aromatic nitrogens is 2. The minimum Gasteiger partial charge on any atom is -0.278 e. The summed E-state index contributed by atoms with van der Waals surface area (Å²) in [4.78, 5) is 0. The fourth-order valence-corrected chi connectivity index (χ4v) is 2.82. The minimum absolute atomic E-state index is 0.0632. The Kier molecular flexibility index (Phi) is 3.00. The molecule has 0 unspecified atom stereocenters. The third-order valence-electron chi connectivity index (χ3n) is 2.85. The molecule has 0 radical (unpaired) electrons. The summed E-state index contributed by atoms with van der Waals surface area (Å²) < 4.78 is 0. The Morgan fingerprint density at radius 1 is 1.24 bits per heavy atom. The van der Waals surface area contributed by atoms with Crippen molar-refractivity contribution in [1.29, 1.82) is 0 Å². The van der Waals surface area contributed by atoms with Gasteiger partial charge in [-0.3, -0.25) is 5.10 Å². The van der Waals surface area contributed by atoms with E-state index >= 15 is 0 Å². The summed E-state index contributed by atoms with van der Waals surface area (Å²) >= 11 is 6.40. The number of hydrogen-bond acceptors (Lipinski definition) is 1. The molecule has 0 saturated carbocycles. The van der Waals surface area contributed by atoms with E-state index in [9.17, 15) is 0 Å². The first-order valence-corrected chi connectivity index (χ1v) is 6.08. The van der Waals surface area contributed by atoms with Gasteiger partial charge in [-0.2, -0.15) is 5.10 Å². The maximum absolute atomic E-state index is 6.40. The summed E-state index contributed by atoms with van der Waals surface area (Å²) in [5, 5.41) is 7.74. The maximum Gasteiger partial charge on any atom is 0.0650 e. The Hall–Kier alpha value is -1.28. The molecule has 3 heteroatoms. The molecule has 1 N–H and O–H groups in total. The number of halogens is 1. The first-order chi connectivity index (χ1) is 7.89. The largest absolute Gasteiger partial charge is 0.278 e. The lowest BCUT2D eigenvalue weighted by atomic mass is 9.83. The van der Waals surface area contributed by atoms with Gasteiger partial charge in [-0.15, -0.1) is 0 Å². The second kappa shape index (κ2) is 4.19. The van der Waals surface area contributed by atoms with Crippen molar-refractivity contribution in [3.63, 3.8) is 0 Å². The summed E-state index contributed by atoms with van der Waals surface area (Å²) in [6, 6.07) is 6.10. The summed E-state index contributed by atoms with van der Waals surface area (Å²) in [5.74, 6) is 0. The molecule has 0 amide bonds. The van der Waals surface area contributed by atoms with Crippen molar-refractivity contribution in [2.24, 2.45) is 0 Å². The molecular weight excluding hydrogens is 232 g/mol. The molecule has 1 aromatic carbocycles. The Morgan fingerprint density at radius 3 is 2.41 bits per heavy atom. The molecule has 0 aliphatic heterocycles. The molecule has 0 bridgehead atoms. The summed E-state index contributed by atoms with van der Waals surface area (Å²) in [6.45, 7) is 8.64. The lowest BCUT2D eigenvalue weighted by Gasteiger charge is -2.23. The van der Waals surface area contributed by atoms with Crippen molar-refractivity contribution in [2.45, 2.75) is 33.1 Å². The molecule has 2 aromatic rings. The van der Waals surface area contributed by atoms with Crippen molar-refractivity contribution in [3.05, 3.63) is 40.5 Å². The van der Waals surface area contributed by atoms with Crippen LogP contribution >= 0.6 is 11.6 Å². The SMILES string of the molecule is Cc1cc(-c2ccn[nH]2)cc(Cl)c1C(C)(C)C. The molecule has 0 fully saturated rings. The van der Waals surface area contributed by atoms with E-state index in [1.54, 1.807) is 6.20 Å². The third kappa shape index (κ3) is 2.37. The van der Waals surface area contributed by atoms with Crippen molar-refractivity contribution in [1.82, 2.24) is 10.2 Å². The standard InChI is InChI=1S/C14H17ClN2/c1-9-7-10(12-5-6-16-17-12)8-11(15)13(9)14(2,3)4/h5-8H,1-4H3,(H,16,17). The predicted molar refractivity (Wildman–Crippen MR) is 72.5 cm³/mol. The Morgan fingerprint density at radius 2 is 1.94 bits per heavy atom. The van der Waals surface area contributed by atoms with Crippen LogP contribution in [0, 0.1) is 6.92 Å². The molecule has 0 spiro atoms. The molecule has 2 rings (SSSR count). The van der Waals surface area contributed by atoms with E-state index in [0.29, 0.717) is 0 Å². The topological polar surface area (TPSA) is 28.7 Å². The molecule has 1 aromatic heterocycles. The van der Waals surface area contributed by atoms with Gasteiger partial charge in [-0.05, 0) is 41.7 Å². The van der Waals surface area contributed by atoms with E-state index in [1.165, 1.54) is 11.1 Å². The van der Waals surface area contributed by atoms with Crippen LogP contribution in [0.25, 0.3) is 11.3 Å². The van der Waals surface area contributed by atoms with Crippen molar-refractivity contribution in [2.75, 3.05) is 0 Å². The number of hydrogen-bond donors (Lipinski definition) is 1. The first kappa shape index (κ1) is 12.2. The van der Waals surface area contributed by atoms with E-state index in [0.717, 1.165) is 16.3 Å². The number of benzene rings is 1. The highest BCUT2D eigenvalue weighted by molar-refractivity contribution is 6.31. The average Bonchev–Trinajstić information content (AvgIpc) is 2.66. The van der Waals surface area contributed by atoms with Gasteiger partial charge in [0.05, 0.1) is 5.69 Å². The molecule has 0 saturated heterocycles. The van der Waals surface area contributed by atoms with Gasteiger partial charge in [0.25, 0.3) is 0 Å². The zero-order chi connectivity index (χ0) is 12.6. The molecule has 1 heterocycles. The predicted octanol–water partition coefficient (Wildman–Crippen LogP) is 4.34. The highest BCUT2D eigenvalue weighted by Crippen LogP contribution is 2.35. The van der Waals surface area contributed by atoms with Gasteiger partial charge in [0.1, 0.15) is 0 Å². The lowest BCUT2D eigenvalue weighted by molar-refractivity contribution is 0.586. The second-order valence-corrected chi connectivity index (χ2v) is 5.78. The summed E-state index contributed by atoms with van der Waals surface area (Å²) in [7, 11) is 0. The van der Waals surface area contributed by atoms with E-state index in [1.807, 2.05) is 12.1 Å². The number of rotatable bonds is 1. The lowest BCUT2D eigenvalue weighted by Crippen LogP contribution is -2.14. The van der Waals surface area contributed by atoms with Crippen LogP contribution in [0.4, 0.5) is 0 Å². The summed E-state index contributed by atoms with van der Waals surface area (Å²) in [5.41, 5.74) is 4.57. The van der Waals surface area contributed by atoms with Crippen LogP contribution in [0.3, 0.4) is 0 Å². The number of nitrogens with zero attached hydrogens (tertiary/aromatic N) is 1. The molecule has 2 nitrogen and oxygen atoms in total. The highest BCUT2D eigenvalue weighted by Gasteiger charge is 2.20. The Balaban J connectivity index is 2.57. The van der Waals surface area contributed by atoms with Gasteiger partial charge >= 0.3 is 0 Å². The van der Waals surface area contributed by atoms with Crippen LogP contribution in [0.15, 0.2) is 24.4 Å². The fraction of sp³-hybridized carbons (Fsp3) is 0.357. The number of H-pyrrole nitrogens is 1. The van der Waals surface area contributed by atoms with Crippen LogP contribution in [0.2, 0.25) is 5.02 Å². The molecule has 90 valence electrons. The zero-order valence-corrected chi connectivity index (χ0v) is 11.4. The smallest absolute Gasteiger partial charge is 0.0650 e. The molecule has 17 heavy (non-hydrogen) atoms. The fourth-order valence-electron chi connectivity index (χ4n) is 2.27. The quantitative estimate of drug-likeness (QED) is 0.799. The van der Waals surface area contributed by atoms with E-state index in [-0.39, 0.29) is 5.41 Å². The summed E-state index contributed by atoms with van der Waals surface area (Å²) in [6.07, 6.45) is 1.75. The van der Waals surface area contributed by atoms with Gasteiger partial charge < -0.3 is 0 Å². The van der Waals surface area contributed by atoms with Gasteiger partial charge in [0.15, 0.2) is 0 Å². The Bertz CT molecular complexity index is 499. The van der Waals surface area contributed by atoms with E-state index < -0.39 is 0 Å². The first-order valence-electron chi connectivity index (χ1n) is 5.70. The van der Waals surface area contributed by atoms with Crippen molar-refractivity contribution < 1.29 is 0 Å². The second-order valence-electron chi connectivity index (χ2n) is 5.37. The monoisotopic (exact) mass is 248 g/mol. The molecule has 0 aliphatic carbocycles. The zero-order valence-electron chi connectivity index (χ0n) is 10.6. The third-order valence-corrected chi connectivity index (χ3v) is 3.15. The highest BCUT2D eigenvalue weighted by atomic mass is 35.5. The average molecular weight is 249 g/mol. The number of aromatic amines is 1. The van der Waals surface area contributed by atoms with Gasteiger partial charge in [0, 0.05) is 16.8 Å². The van der Waals surface area contributed by atoms with Crippen molar-refractivity contribution in [3.8, 4) is 11.3 Å². The van der Waals surface area contributed by atoms with E-state index in [4.69, 9.17) is 11.6 Å². The van der Waals surface area contributed by atoms with Gasteiger partial charge in [-0.1, -0.05) is 32.4 Å². The van der Waals surface area contributed by atoms with E-state index in [2.05, 4.69) is 44.0 Å². The molecule has 0 atom stereocenters. The molecule has 0 aliphatic rings. The normalized spacial score (nSPS) is 11.8. The maximum atomic E-state index is 6.40.